The SMILES string of the molecule is COC(=O)C[C@H]1[C@]2(C)C3=C(C)C(c4ccoc4)C[C@H]3O[C@@H]2C2OC(=O)[C@]3(C)C=CC(=O)[C@@]1(C)C23. The fourth-order valence-electron chi connectivity index (χ4n) is 8.41. The second kappa shape index (κ2) is 6.72. The highest BCUT2D eigenvalue weighted by atomic mass is 16.6. The van der Waals surface area contributed by atoms with Gasteiger partial charge in [-0.3, -0.25) is 14.4 Å². The van der Waals surface area contributed by atoms with Crippen molar-refractivity contribution in [3.05, 3.63) is 47.5 Å². The summed E-state index contributed by atoms with van der Waals surface area (Å²) in [4.78, 5) is 39.6. The van der Waals surface area contributed by atoms with E-state index in [0.29, 0.717) is 0 Å². The molecule has 0 N–H and O–H groups in total. The average Bonchev–Trinajstić information content (AvgIpc) is 3.54. The van der Waals surface area contributed by atoms with Crippen molar-refractivity contribution in [2.75, 3.05) is 7.11 Å². The van der Waals surface area contributed by atoms with E-state index in [9.17, 15) is 14.4 Å². The molecule has 1 aromatic heterocycles. The van der Waals surface area contributed by atoms with E-state index in [2.05, 4.69) is 13.8 Å². The third-order valence-electron chi connectivity index (χ3n) is 9.91. The first-order valence-corrected chi connectivity index (χ1v) is 12.0. The normalized spacial score (nSPS) is 46.3. The average molecular weight is 467 g/mol. The van der Waals surface area contributed by atoms with Crippen LogP contribution >= 0.6 is 0 Å². The lowest BCUT2D eigenvalue weighted by Gasteiger charge is -2.59. The third kappa shape index (κ3) is 2.34. The van der Waals surface area contributed by atoms with E-state index in [1.54, 1.807) is 18.6 Å². The van der Waals surface area contributed by atoms with Crippen molar-refractivity contribution in [1.29, 1.82) is 0 Å². The molecule has 0 radical (unpaired) electrons. The summed E-state index contributed by atoms with van der Waals surface area (Å²) < 4.78 is 23.2. The molecule has 180 valence electrons. The summed E-state index contributed by atoms with van der Waals surface area (Å²) in [6.45, 7) is 7.96. The van der Waals surface area contributed by atoms with Crippen molar-refractivity contribution < 1.29 is 33.0 Å². The van der Waals surface area contributed by atoms with Crippen LogP contribution in [0.3, 0.4) is 0 Å². The zero-order valence-corrected chi connectivity index (χ0v) is 20.1. The molecule has 3 unspecified atom stereocenters. The molecule has 9 atom stereocenters. The van der Waals surface area contributed by atoms with Gasteiger partial charge < -0.3 is 18.6 Å². The number of esters is 2. The van der Waals surface area contributed by atoms with Gasteiger partial charge >= 0.3 is 11.9 Å². The van der Waals surface area contributed by atoms with Gasteiger partial charge in [0, 0.05) is 22.7 Å². The quantitative estimate of drug-likeness (QED) is 0.495. The van der Waals surface area contributed by atoms with Gasteiger partial charge in [-0.2, -0.15) is 0 Å². The molecule has 6 rings (SSSR count). The summed E-state index contributed by atoms with van der Waals surface area (Å²) in [5, 5.41) is 0. The van der Waals surface area contributed by atoms with Crippen LogP contribution in [0.5, 0.6) is 0 Å². The van der Waals surface area contributed by atoms with E-state index in [1.165, 1.54) is 18.8 Å². The number of allylic oxidation sites excluding steroid dienone is 2. The van der Waals surface area contributed by atoms with E-state index < -0.39 is 40.3 Å². The van der Waals surface area contributed by atoms with Crippen LogP contribution in [0.2, 0.25) is 0 Å². The molecule has 2 saturated heterocycles. The second-order valence-electron chi connectivity index (χ2n) is 11.2. The highest BCUT2D eigenvalue weighted by molar-refractivity contribution is 6.00. The summed E-state index contributed by atoms with van der Waals surface area (Å²) in [5.41, 5.74) is 0.794. The molecular formula is C27H30O7. The maximum Gasteiger partial charge on any atom is 0.316 e. The van der Waals surface area contributed by atoms with Gasteiger partial charge in [0.05, 0.1) is 37.6 Å². The van der Waals surface area contributed by atoms with Crippen molar-refractivity contribution in [3.63, 3.8) is 0 Å². The van der Waals surface area contributed by atoms with E-state index in [-0.39, 0.29) is 36.2 Å². The van der Waals surface area contributed by atoms with Crippen LogP contribution in [-0.4, -0.2) is 43.1 Å². The Labute approximate surface area is 198 Å². The van der Waals surface area contributed by atoms with E-state index in [1.807, 2.05) is 19.9 Å². The molecule has 0 aromatic carbocycles. The molecule has 1 saturated carbocycles. The summed E-state index contributed by atoms with van der Waals surface area (Å²) >= 11 is 0. The summed E-state index contributed by atoms with van der Waals surface area (Å²) in [6, 6.07) is 1.97. The minimum atomic E-state index is -0.987. The predicted molar refractivity (Wildman–Crippen MR) is 119 cm³/mol. The summed E-state index contributed by atoms with van der Waals surface area (Å²) in [5.74, 6) is -1.46. The van der Waals surface area contributed by atoms with E-state index in [0.717, 1.165) is 17.6 Å². The number of carbonyl (C=O) groups is 3. The monoisotopic (exact) mass is 466 g/mol. The third-order valence-corrected chi connectivity index (χ3v) is 9.91. The zero-order chi connectivity index (χ0) is 24.2. The number of furan rings is 1. The second-order valence-corrected chi connectivity index (χ2v) is 11.2. The molecule has 5 aliphatic rings. The Balaban J connectivity index is 1.58. The Bertz CT molecular complexity index is 1160. The van der Waals surface area contributed by atoms with Gasteiger partial charge in [-0.15, -0.1) is 0 Å². The minimum absolute atomic E-state index is 0.0658. The van der Waals surface area contributed by atoms with Gasteiger partial charge in [-0.05, 0) is 49.5 Å². The summed E-state index contributed by atoms with van der Waals surface area (Å²) in [6.07, 6.45) is 6.29. The lowest BCUT2D eigenvalue weighted by atomic mass is 9.42. The van der Waals surface area contributed by atoms with Crippen molar-refractivity contribution in [3.8, 4) is 0 Å². The maximum atomic E-state index is 13.7. The molecule has 7 heteroatoms. The number of ether oxygens (including phenoxy) is 3. The summed E-state index contributed by atoms with van der Waals surface area (Å²) in [7, 11) is 1.37. The Kier molecular flexibility index (Phi) is 4.31. The Morgan fingerprint density at radius 1 is 1.21 bits per heavy atom. The van der Waals surface area contributed by atoms with Gasteiger partial charge in [0.2, 0.25) is 0 Å². The first-order valence-electron chi connectivity index (χ1n) is 12.0. The molecular weight excluding hydrogens is 436 g/mol. The van der Waals surface area contributed by atoms with E-state index in [4.69, 9.17) is 18.6 Å². The number of carbonyl (C=O) groups excluding carboxylic acids is 3. The molecule has 0 spiro atoms. The lowest BCUT2D eigenvalue weighted by molar-refractivity contribution is -0.190. The van der Waals surface area contributed by atoms with Crippen LogP contribution in [-0.2, 0) is 28.6 Å². The zero-order valence-electron chi connectivity index (χ0n) is 20.1. The molecule has 0 bridgehead atoms. The van der Waals surface area contributed by atoms with Crippen LogP contribution in [0.1, 0.15) is 52.0 Å². The van der Waals surface area contributed by atoms with E-state index >= 15 is 0 Å². The standard InChI is InChI=1S/C27H30O7/c1-13-15(14-7-9-32-12-14)10-16-20(13)27(4)17(11-19(29)31-5)26(3)18(28)6-8-25(2)22(26)21(23(27)33-16)34-24(25)30/h6-9,12,15-17,21-23H,10-11H2,1-5H3/t15?,16-,17-,21?,22?,23-,25-,26+,27-/m1/s1. The van der Waals surface area contributed by atoms with Gasteiger partial charge in [-0.1, -0.05) is 25.5 Å². The first-order chi connectivity index (χ1) is 16.1. The highest BCUT2D eigenvalue weighted by Crippen LogP contribution is 2.72. The largest absolute Gasteiger partial charge is 0.472 e. The lowest BCUT2D eigenvalue weighted by Crippen LogP contribution is -2.66. The van der Waals surface area contributed by atoms with Crippen LogP contribution in [0.15, 0.2) is 46.3 Å². The van der Waals surface area contributed by atoms with Gasteiger partial charge in [-0.25, -0.2) is 0 Å². The number of hydrogen-bond donors (Lipinski definition) is 0. The molecule has 3 fully saturated rings. The Hall–Kier alpha value is -2.67. The van der Waals surface area contributed by atoms with Crippen LogP contribution in [0.4, 0.5) is 0 Å². The van der Waals surface area contributed by atoms with Crippen molar-refractivity contribution in [2.45, 2.75) is 64.8 Å². The van der Waals surface area contributed by atoms with Gasteiger partial charge in [0.25, 0.3) is 0 Å². The molecule has 2 aliphatic heterocycles. The molecule has 7 nitrogen and oxygen atoms in total. The topological polar surface area (TPSA) is 92.0 Å². The molecule has 0 amide bonds. The molecule has 3 aliphatic carbocycles. The number of fused-ring (bicyclic) bond motifs is 4. The van der Waals surface area contributed by atoms with Crippen molar-refractivity contribution >= 4 is 17.7 Å². The number of hydrogen-bond acceptors (Lipinski definition) is 7. The maximum absolute atomic E-state index is 13.7. The predicted octanol–water partition coefficient (Wildman–Crippen LogP) is 3.74. The highest BCUT2D eigenvalue weighted by Gasteiger charge is 2.77. The van der Waals surface area contributed by atoms with Crippen molar-refractivity contribution in [2.24, 2.45) is 28.1 Å². The minimum Gasteiger partial charge on any atom is -0.472 e. The van der Waals surface area contributed by atoms with Crippen LogP contribution in [0, 0.1) is 28.1 Å². The number of ketones is 1. The smallest absolute Gasteiger partial charge is 0.316 e. The van der Waals surface area contributed by atoms with Crippen molar-refractivity contribution in [1.82, 2.24) is 0 Å². The Morgan fingerprint density at radius 2 is 1.97 bits per heavy atom. The number of methoxy groups -OCH3 is 1. The Morgan fingerprint density at radius 3 is 2.65 bits per heavy atom. The molecule has 1 aromatic rings. The fraction of sp³-hybridized carbons (Fsp3) is 0.593. The first kappa shape index (κ1) is 21.8. The van der Waals surface area contributed by atoms with Crippen LogP contribution < -0.4 is 0 Å². The molecule has 34 heavy (non-hydrogen) atoms. The molecule has 3 heterocycles. The fourth-order valence-corrected chi connectivity index (χ4v) is 8.41. The van der Waals surface area contributed by atoms with Crippen LogP contribution in [0.25, 0.3) is 0 Å². The van der Waals surface area contributed by atoms with Gasteiger partial charge in [0.15, 0.2) is 5.78 Å². The number of rotatable bonds is 3. The van der Waals surface area contributed by atoms with Gasteiger partial charge in [0.1, 0.15) is 12.2 Å².